The third kappa shape index (κ3) is 3.39. The molecule has 0 spiro atoms. The summed E-state index contributed by atoms with van der Waals surface area (Å²) >= 11 is 0. The summed E-state index contributed by atoms with van der Waals surface area (Å²) in [6.45, 7) is 4.44. The number of imidazole rings is 1. The largest absolute Gasteiger partial charge is 0.416 e. The fourth-order valence-electron chi connectivity index (χ4n) is 3.03. The Morgan fingerprint density at radius 2 is 1.84 bits per heavy atom. The maximum absolute atomic E-state index is 13.0. The van der Waals surface area contributed by atoms with E-state index in [2.05, 4.69) is 4.98 Å². The van der Waals surface area contributed by atoms with Gasteiger partial charge in [0.15, 0.2) is 0 Å². The molecule has 0 amide bonds. The van der Waals surface area contributed by atoms with Crippen molar-refractivity contribution >= 4 is 11.0 Å². The second kappa shape index (κ2) is 6.52. The standard InChI is InChI=1S/C19H19F3N2O/c1-12-4-6-15(13(2)10-12)18-23-16-11-14(19(20,21)22)5-7-17(16)24(18)8-3-9-25/h4-7,10-11,25H,3,8-9H2,1-2H3. The number of aliphatic hydroxyl groups is 1. The summed E-state index contributed by atoms with van der Waals surface area (Å²) in [7, 11) is 0. The van der Waals surface area contributed by atoms with Gasteiger partial charge in [-0.15, -0.1) is 0 Å². The molecule has 2 aromatic carbocycles. The second-order valence-electron chi connectivity index (χ2n) is 6.18. The molecule has 3 aromatic rings. The molecule has 3 rings (SSSR count). The maximum atomic E-state index is 13.0. The topological polar surface area (TPSA) is 38.0 Å². The molecular formula is C19H19F3N2O. The van der Waals surface area contributed by atoms with Gasteiger partial charge in [-0.2, -0.15) is 13.2 Å². The van der Waals surface area contributed by atoms with Crippen LogP contribution < -0.4 is 0 Å². The zero-order valence-corrected chi connectivity index (χ0v) is 14.1. The number of benzene rings is 2. The van der Waals surface area contributed by atoms with Crippen molar-refractivity contribution in [1.29, 1.82) is 0 Å². The number of halogens is 3. The number of hydrogen-bond acceptors (Lipinski definition) is 2. The Kier molecular flexibility index (Phi) is 4.56. The number of aryl methyl sites for hydroxylation is 3. The summed E-state index contributed by atoms with van der Waals surface area (Å²) in [5.74, 6) is 0.625. The van der Waals surface area contributed by atoms with Crippen LogP contribution in [-0.2, 0) is 12.7 Å². The van der Waals surface area contributed by atoms with Gasteiger partial charge >= 0.3 is 6.18 Å². The summed E-state index contributed by atoms with van der Waals surface area (Å²) in [5.41, 5.74) is 3.24. The van der Waals surface area contributed by atoms with E-state index in [-0.39, 0.29) is 6.61 Å². The van der Waals surface area contributed by atoms with Gasteiger partial charge in [-0.05, 0) is 44.0 Å². The average Bonchev–Trinajstić information content (AvgIpc) is 2.89. The van der Waals surface area contributed by atoms with Crippen LogP contribution in [-0.4, -0.2) is 21.3 Å². The third-order valence-electron chi connectivity index (χ3n) is 4.24. The zero-order chi connectivity index (χ0) is 18.2. The maximum Gasteiger partial charge on any atom is 0.416 e. The second-order valence-corrected chi connectivity index (χ2v) is 6.18. The monoisotopic (exact) mass is 348 g/mol. The van der Waals surface area contributed by atoms with Crippen LogP contribution in [0.3, 0.4) is 0 Å². The van der Waals surface area contributed by atoms with Crippen molar-refractivity contribution < 1.29 is 18.3 Å². The number of rotatable bonds is 4. The highest BCUT2D eigenvalue weighted by molar-refractivity contribution is 5.82. The summed E-state index contributed by atoms with van der Waals surface area (Å²) in [5, 5.41) is 9.16. The van der Waals surface area contributed by atoms with Gasteiger partial charge in [0.1, 0.15) is 5.82 Å². The molecule has 1 N–H and O–H groups in total. The van der Waals surface area contributed by atoms with Gasteiger partial charge in [-0.3, -0.25) is 0 Å². The molecule has 0 radical (unpaired) electrons. The molecular weight excluding hydrogens is 329 g/mol. The number of fused-ring (bicyclic) bond motifs is 1. The van der Waals surface area contributed by atoms with Crippen molar-refractivity contribution in [3.63, 3.8) is 0 Å². The zero-order valence-electron chi connectivity index (χ0n) is 14.1. The van der Waals surface area contributed by atoms with E-state index < -0.39 is 11.7 Å². The fourth-order valence-corrected chi connectivity index (χ4v) is 3.03. The van der Waals surface area contributed by atoms with Crippen LogP contribution in [0.15, 0.2) is 36.4 Å². The molecule has 0 aliphatic carbocycles. The average molecular weight is 348 g/mol. The SMILES string of the molecule is Cc1ccc(-c2nc3cc(C(F)(F)F)ccc3n2CCCO)c(C)c1. The molecule has 6 heteroatoms. The smallest absolute Gasteiger partial charge is 0.396 e. The van der Waals surface area contributed by atoms with Crippen molar-refractivity contribution in [3.05, 3.63) is 53.1 Å². The Balaban J connectivity index is 2.22. The quantitative estimate of drug-likeness (QED) is 0.741. The minimum Gasteiger partial charge on any atom is -0.396 e. The Morgan fingerprint density at radius 3 is 2.48 bits per heavy atom. The van der Waals surface area contributed by atoms with E-state index >= 15 is 0 Å². The number of nitrogens with zero attached hydrogens (tertiary/aromatic N) is 2. The highest BCUT2D eigenvalue weighted by Gasteiger charge is 2.31. The lowest BCUT2D eigenvalue weighted by molar-refractivity contribution is -0.137. The lowest BCUT2D eigenvalue weighted by Crippen LogP contribution is -2.05. The van der Waals surface area contributed by atoms with Crippen LogP contribution in [0.25, 0.3) is 22.4 Å². The first-order valence-corrected chi connectivity index (χ1v) is 8.07. The molecule has 0 fully saturated rings. The van der Waals surface area contributed by atoms with Gasteiger partial charge in [-0.1, -0.05) is 23.8 Å². The molecule has 3 nitrogen and oxygen atoms in total. The van der Waals surface area contributed by atoms with Crippen molar-refractivity contribution in [1.82, 2.24) is 9.55 Å². The van der Waals surface area contributed by atoms with Crippen LogP contribution in [0.4, 0.5) is 13.2 Å². The van der Waals surface area contributed by atoms with Crippen molar-refractivity contribution in [2.24, 2.45) is 0 Å². The molecule has 1 heterocycles. The van der Waals surface area contributed by atoms with Crippen LogP contribution in [0.5, 0.6) is 0 Å². The minimum atomic E-state index is -4.40. The predicted octanol–water partition coefficient (Wildman–Crippen LogP) is 4.72. The lowest BCUT2D eigenvalue weighted by Gasteiger charge is -2.11. The number of hydrogen-bond donors (Lipinski definition) is 1. The normalized spacial score (nSPS) is 12.1. The summed E-state index contributed by atoms with van der Waals surface area (Å²) in [4.78, 5) is 4.48. The van der Waals surface area contributed by atoms with Crippen LogP contribution in [0, 0.1) is 13.8 Å². The first-order valence-electron chi connectivity index (χ1n) is 8.07. The van der Waals surface area contributed by atoms with E-state index in [1.165, 1.54) is 6.07 Å². The number of aliphatic hydroxyl groups excluding tert-OH is 1. The van der Waals surface area contributed by atoms with E-state index in [9.17, 15) is 13.2 Å². The van der Waals surface area contributed by atoms with Gasteiger partial charge < -0.3 is 9.67 Å². The Bertz CT molecular complexity index is 913. The van der Waals surface area contributed by atoms with Gasteiger partial charge in [0, 0.05) is 18.7 Å². The summed E-state index contributed by atoms with van der Waals surface area (Å²) in [6.07, 6.45) is -3.90. The summed E-state index contributed by atoms with van der Waals surface area (Å²) in [6, 6.07) is 9.52. The van der Waals surface area contributed by atoms with E-state index in [1.807, 2.05) is 36.6 Å². The fraction of sp³-hybridized carbons (Fsp3) is 0.316. The van der Waals surface area contributed by atoms with Gasteiger partial charge in [0.25, 0.3) is 0 Å². The highest BCUT2D eigenvalue weighted by atomic mass is 19.4. The Labute approximate surface area is 143 Å². The van der Waals surface area contributed by atoms with Crippen LogP contribution >= 0.6 is 0 Å². The molecule has 132 valence electrons. The molecule has 0 saturated heterocycles. The first-order chi connectivity index (χ1) is 11.8. The Hall–Kier alpha value is -2.34. The molecule has 0 aliphatic heterocycles. The molecule has 0 bridgehead atoms. The van der Waals surface area contributed by atoms with Crippen LogP contribution in [0.2, 0.25) is 0 Å². The molecule has 0 aliphatic rings. The van der Waals surface area contributed by atoms with Gasteiger partial charge in [0.05, 0.1) is 16.6 Å². The minimum absolute atomic E-state index is 0.00658. The summed E-state index contributed by atoms with van der Waals surface area (Å²) < 4.78 is 40.8. The molecule has 1 aromatic heterocycles. The molecule has 0 saturated carbocycles. The van der Waals surface area contributed by atoms with E-state index in [0.29, 0.717) is 29.8 Å². The van der Waals surface area contributed by atoms with Crippen molar-refractivity contribution in [3.8, 4) is 11.4 Å². The van der Waals surface area contributed by atoms with Crippen molar-refractivity contribution in [2.75, 3.05) is 6.61 Å². The number of aromatic nitrogens is 2. The lowest BCUT2D eigenvalue weighted by atomic mass is 10.1. The van der Waals surface area contributed by atoms with Gasteiger partial charge in [-0.25, -0.2) is 4.98 Å². The van der Waals surface area contributed by atoms with E-state index in [0.717, 1.165) is 28.8 Å². The first kappa shape index (κ1) is 17.5. The van der Waals surface area contributed by atoms with E-state index in [4.69, 9.17) is 5.11 Å². The Morgan fingerprint density at radius 1 is 1.08 bits per heavy atom. The van der Waals surface area contributed by atoms with Crippen LogP contribution in [0.1, 0.15) is 23.1 Å². The molecule has 25 heavy (non-hydrogen) atoms. The van der Waals surface area contributed by atoms with Gasteiger partial charge in [0.2, 0.25) is 0 Å². The molecule has 0 atom stereocenters. The molecule has 0 unspecified atom stereocenters. The highest BCUT2D eigenvalue weighted by Crippen LogP contribution is 2.33. The van der Waals surface area contributed by atoms with Crippen molar-refractivity contribution in [2.45, 2.75) is 33.0 Å². The number of alkyl halides is 3. The predicted molar refractivity (Wildman–Crippen MR) is 91.3 cm³/mol. The third-order valence-corrected chi connectivity index (χ3v) is 4.24. The van der Waals surface area contributed by atoms with E-state index in [1.54, 1.807) is 0 Å².